The molecular weight excluding hydrogens is 370 g/mol. The largest absolute Gasteiger partial charge is 0.512 e. The zero-order valence-electron chi connectivity index (χ0n) is 18.0. The molecule has 1 heterocycles. The molecule has 6 nitrogen and oxygen atoms in total. The standard InChI is InChI=1S/C23H33NO5/c1-6-11-23(12-7-2)14-17(25)18(20(26)29-23)19(22(3,4)5)15-9-8-10-16(13-15)24-21(27)28/h8-10,13,19,24-25H,6-7,11-12,14H2,1-5H3,(H,27,28). The number of hydrogen-bond acceptors (Lipinski definition) is 4. The Labute approximate surface area is 173 Å². The van der Waals surface area contributed by atoms with Crippen LogP contribution in [-0.2, 0) is 9.53 Å². The molecule has 0 aromatic heterocycles. The number of benzene rings is 1. The second kappa shape index (κ2) is 8.89. The third-order valence-corrected chi connectivity index (χ3v) is 5.37. The summed E-state index contributed by atoms with van der Waals surface area (Å²) in [5.74, 6) is -0.835. The van der Waals surface area contributed by atoms with Crippen LogP contribution in [0.3, 0.4) is 0 Å². The predicted octanol–water partition coefficient (Wildman–Crippen LogP) is 6.00. The molecule has 160 valence electrons. The number of carbonyl (C=O) groups is 2. The van der Waals surface area contributed by atoms with Crippen LogP contribution in [0.4, 0.5) is 10.5 Å². The van der Waals surface area contributed by atoms with Gasteiger partial charge in [-0.2, -0.15) is 0 Å². The second-order valence-electron chi connectivity index (χ2n) is 8.96. The van der Waals surface area contributed by atoms with Crippen LogP contribution in [0.15, 0.2) is 35.6 Å². The van der Waals surface area contributed by atoms with Crippen molar-refractivity contribution in [3.63, 3.8) is 0 Å². The highest BCUT2D eigenvalue weighted by atomic mass is 16.6. The van der Waals surface area contributed by atoms with E-state index in [1.807, 2.05) is 40.7 Å². The first kappa shape index (κ1) is 22.8. The van der Waals surface area contributed by atoms with Gasteiger partial charge in [-0.05, 0) is 36.0 Å². The molecule has 0 saturated heterocycles. The average Bonchev–Trinajstić information content (AvgIpc) is 2.57. The van der Waals surface area contributed by atoms with Crippen molar-refractivity contribution in [2.24, 2.45) is 5.41 Å². The highest BCUT2D eigenvalue weighted by Gasteiger charge is 2.45. The first-order chi connectivity index (χ1) is 13.5. The molecule has 1 aromatic rings. The van der Waals surface area contributed by atoms with Crippen LogP contribution in [-0.4, -0.2) is 27.9 Å². The minimum absolute atomic E-state index is 0.0830. The van der Waals surface area contributed by atoms with Crippen molar-refractivity contribution in [2.75, 3.05) is 5.32 Å². The molecule has 1 unspecified atom stereocenters. The van der Waals surface area contributed by atoms with Gasteiger partial charge in [0.15, 0.2) is 0 Å². The Morgan fingerprint density at radius 2 is 1.86 bits per heavy atom. The highest BCUT2D eigenvalue weighted by molar-refractivity contribution is 5.92. The zero-order valence-corrected chi connectivity index (χ0v) is 18.0. The summed E-state index contributed by atoms with van der Waals surface area (Å²) in [4.78, 5) is 24.2. The Balaban J connectivity index is 2.53. The van der Waals surface area contributed by atoms with Crippen molar-refractivity contribution in [3.05, 3.63) is 41.2 Å². The Morgan fingerprint density at radius 3 is 2.34 bits per heavy atom. The summed E-state index contributed by atoms with van der Waals surface area (Å²) >= 11 is 0. The number of anilines is 1. The van der Waals surface area contributed by atoms with Crippen molar-refractivity contribution in [2.45, 2.75) is 78.2 Å². The van der Waals surface area contributed by atoms with Gasteiger partial charge in [-0.25, -0.2) is 9.59 Å². The van der Waals surface area contributed by atoms with Crippen LogP contribution in [0.2, 0.25) is 0 Å². The minimum atomic E-state index is -1.16. The van der Waals surface area contributed by atoms with Crippen LogP contribution in [0.1, 0.15) is 78.2 Å². The van der Waals surface area contributed by atoms with Gasteiger partial charge in [-0.3, -0.25) is 5.32 Å². The number of ether oxygens (including phenoxy) is 1. The van der Waals surface area contributed by atoms with Crippen LogP contribution >= 0.6 is 0 Å². The number of carboxylic acid groups (broad SMARTS) is 1. The summed E-state index contributed by atoms with van der Waals surface area (Å²) in [5, 5.41) is 22.4. The average molecular weight is 404 g/mol. The van der Waals surface area contributed by atoms with Crippen LogP contribution in [0.25, 0.3) is 0 Å². The fraction of sp³-hybridized carbons (Fsp3) is 0.565. The third kappa shape index (κ3) is 5.31. The van der Waals surface area contributed by atoms with Crippen molar-refractivity contribution in [1.29, 1.82) is 0 Å². The van der Waals surface area contributed by atoms with Crippen molar-refractivity contribution in [1.82, 2.24) is 0 Å². The zero-order chi connectivity index (χ0) is 21.8. The van der Waals surface area contributed by atoms with Crippen LogP contribution in [0, 0.1) is 5.41 Å². The molecule has 1 atom stereocenters. The van der Waals surface area contributed by atoms with Gasteiger partial charge in [-0.15, -0.1) is 0 Å². The maximum Gasteiger partial charge on any atom is 0.409 e. The molecule has 0 bridgehead atoms. The number of amides is 1. The molecule has 0 saturated carbocycles. The molecule has 1 aromatic carbocycles. The minimum Gasteiger partial charge on any atom is -0.512 e. The van der Waals surface area contributed by atoms with E-state index in [0.29, 0.717) is 24.9 Å². The molecule has 1 aliphatic heterocycles. The number of carbonyl (C=O) groups excluding carboxylic acids is 1. The van der Waals surface area contributed by atoms with E-state index in [9.17, 15) is 14.7 Å². The number of cyclic esters (lactones) is 1. The molecule has 0 aliphatic carbocycles. The second-order valence-corrected chi connectivity index (χ2v) is 8.96. The molecular formula is C23H33NO5. The lowest BCUT2D eigenvalue weighted by Gasteiger charge is -2.41. The summed E-state index contributed by atoms with van der Waals surface area (Å²) in [6, 6.07) is 6.94. The Bertz CT molecular complexity index is 785. The highest BCUT2D eigenvalue weighted by Crippen LogP contribution is 2.47. The Kier molecular flexibility index (Phi) is 6.98. The summed E-state index contributed by atoms with van der Waals surface area (Å²) in [6.07, 6.45) is 2.31. The normalized spacial score (nSPS) is 17.6. The maximum absolute atomic E-state index is 13.1. The molecule has 2 rings (SSSR count). The number of rotatable bonds is 7. The van der Waals surface area contributed by atoms with E-state index in [2.05, 4.69) is 5.32 Å². The third-order valence-electron chi connectivity index (χ3n) is 5.37. The van der Waals surface area contributed by atoms with Gasteiger partial charge in [0.1, 0.15) is 11.4 Å². The van der Waals surface area contributed by atoms with Crippen LogP contribution in [0.5, 0.6) is 0 Å². The summed E-state index contributed by atoms with van der Waals surface area (Å²) < 4.78 is 5.96. The lowest BCUT2D eigenvalue weighted by Crippen LogP contribution is -2.42. The molecule has 1 amide bonds. The Hall–Kier alpha value is -2.50. The van der Waals surface area contributed by atoms with Crippen molar-refractivity contribution < 1.29 is 24.5 Å². The van der Waals surface area contributed by atoms with E-state index >= 15 is 0 Å². The maximum atomic E-state index is 13.1. The van der Waals surface area contributed by atoms with Gasteiger partial charge in [0.2, 0.25) is 0 Å². The van der Waals surface area contributed by atoms with E-state index in [4.69, 9.17) is 9.84 Å². The molecule has 0 fully saturated rings. The van der Waals surface area contributed by atoms with E-state index in [-0.39, 0.29) is 11.3 Å². The molecule has 0 radical (unpaired) electrons. The first-order valence-electron chi connectivity index (χ1n) is 10.3. The number of esters is 1. The topological polar surface area (TPSA) is 95.9 Å². The van der Waals surface area contributed by atoms with E-state index < -0.39 is 29.0 Å². The molecule has 3 N–H and O–H groups in total. The number of hydrogen-bond donors (Lipinski definition) is 3. The summed E-state index contributed by atoms with van der Waals surface area (Å²) in [7, 11) is 0. The van der Waals surface area contributed by atoms with Gasteiger partial charge in [-0.1, -0.05) is 59.6 Å². The fourth-order valence-corrected chi connectivity index (χ4v) is 4.42. The molecule has 29 heavy (non-hydrogen) atoms. The van der Waals surface area contributed by atoms with Gasteiger partial charge in [0, 0.05) is 18.0 Å². The van der Waals surface area contributed by atoms with Crippen molar-refractivity contribution >= 4 is 17.7 Å². The van der Waals surface area contributed by atoms with Gasteiger partial charge in [0.05, 0.1) is 5.57 Å². The smallest absolute Gasteiger partial charge is 0.409 e. The SMILES string of the molecule is CCCC1(CCC)CC(O)=C(C(c2cccc(NC(=O)O)c2)C(C)(C)C)C(=O)O1. The number of aliphatic hydroxyl groups excluding tert-OH is 1. The van der Waals surface area contributed by atoms with Gasteiger partial charge >= 0.3 is 12.1 Å². The van der Waals surface area contributed by atoms with Crippen LogP contribution < -0.4 is 5.32 Å². The van der Waals surface area contributed by atoms with E-state index in [1.165, 1.54) is 0 Å². The quantitative estimate of drug-likeness (QED) is 0.485. The number of aliphatic hydroxyl groups is 1. The predicted molar refractivity (Wildman–Crippen MR) is 113 cm³/mol. The lowest BCUT2D eigenvalue weighted by molar-refractivity contribution is -0.161. The Morgan fingerprint density at radius 1 is 1.24 bits per heavy atom. The van der Waals surface area contributed by atoms with E-state index in [0.717, 1.165) is 18.4 Å². The fourth-order valence-electron chi connectivity index (χ4n) is 4.42. The van der Waals surface area contributed by atoms with Gasteiger partial charge in [0.25, 0.3) is 0 Å². The van der Waals surface area contributed by atoms with Gasteiger partial charge < -0.3 is 14.9 Å². The molecule has 0 spiro atoms. The van der Waals surface area contributed by atoms with E-state index in [1.54, 1.807) is 18.2 Å². The first-order valence-corrected chi connectivity index (χ1v) is 10.3. The molecule has 1 aliphatic rings. The molecule has 6 heteroatoms. The summed E-state index contributed by atoms with van der Waals surface area (Å²) in [5.41, 5.74) is 0.386. The number of nitrogens with one attached hydrogen (secondary N) is 1. The van der Waals surface area contributed by atoms with Crippen molar-refractivity contribution in [3.8, 4) is 0 Å². The monoisotopic (exact) mass is 403 g/mol. The summed E-state index contributed by atoms with van der Waals surface area (Å²) in [6.45, 7) is 10.0. The lowest BCUT2D eigenvalue weighted by atomic mass is 9.70.